The molecule has 4 heteroatoms. The number of anilines is 1. The van der Waals surface area contributed by atoms with Crippen LogP contribution >= 0.6 is 0 Å². The van der Waals surface area contributed by atoms with Gasteiger partial charge in [-0.2, -0.15) is 0 Å². The van der Waals surface area contributed by atoms with Crippen molar-refractivity contribution < 1.29 is 9.39 Å². The highest BCUT2D eigenvalue weighted by Crippen LogP contribution is 2.27. The van der Waals surface area contributed by atoms with Gasteiger partial charge in [-0.15, -0.1) is 0 Å². The van der Waals surface area contributed by atoms with E-state index in [0.717, 1.165) is 11.2 Å². The lowest BCUT2D eigenvalue weighted by Gasteiger charge is -2.40. The van der Waals surface area contributed by atoms with Crippen molar-refractivity contribution in [2.24, 2.45) is 0 Å². The summed E-state index contributed by atoms with van der Waals surface area (Å²) in [6.07, 6.45) is 0. The zero-order chi connectivity index (χ0) is 13.1. The number of hydrogen-bond acceptors (Lipinski definition) is 3. The zero-order valence-electron chi connectivity index (χ0n) is 11.4. The Morgan fingerprint density at radius 2 is 1.65 bits per heavy atom. The first-order valence-electron chi connectivity index (χ1n) is 5.82. The number of methoxy groups -OCH3 is 1. The third-order valence-electron chi connectivity index (χ3n) is 3.60. The largest absolute Gasteiger partial charge is 0.427 e. The van der Waals surface area contributed by atoms with E-state index >= 15 is 0 Å². The third-order valence-corrected chi connectivity index (χ3v) is 3.60. The Labute approximate surface area is 105 Å². The molecule has 0 amide bonds. The molecule has 0 saturated carbocycles. The molecule has 0 spiro atoms. The molecule has 94 valence electrons. The van der Waals surface area contributed by atoms with E-state index in [2.05, 4.69) is 0 Å². The van der Waals surface area contributed by atoms with Gasteiger partial charge in [0.05, 0.1) is 11.2 Å². The van der Waals surface area contributed by atoms with Crippen LogP contribution in [0.3, 0.4) is 0 Å². The molecule has 1 rings (SSSR count). The van der Waals surface area contributed by atoms with Crippen LogP contribution in [0.4, 0.5) is 5.69 Å². The van der Waals surface area contributed by atoms with Crippen molar-refractivity contribution >= 4 is 18.6 Å². The summed E-state index contributed by atoms with van der Waals surface area (Å²) in [6.45, 7) is 8.08. The maximum atomic E-state index is 5.95. The summed E-state index contributed by atoms with van der Waals surface area (Å²) in [5.41, 5.74) is 6.91. The minimum absolute atomic E-state index is 0.351. The number of nitrogen functional groups attached to an aromatic ring is 1. The smallest absolute Gasteiger partial charge is 0.311 e. The van der Waals surface area contributed by atoms with E-state index in [0.29, 0.717) is 7.48 Å². The Bertz CT molecular complexity index is 377. The quantitative estimate of drug-likeness (QED) is 0.620. The van der Waals surface area contributed by atoms with Crippen molar-refractivity contribution in [3.05, 3.63) is 24.3 Å². The van der Waals surface area contributed by atoms with Crippen molar-refractivity contribution in [3.63, 3.8) is 0 Å². The molecule has 2 N–H and O–H groups in total. The van der Waals surface area contributed by atoms with E-state index < -0.39 is 0 Å². The summed E-state index contributed by atoms with van der Waals surface area (Å²) < 4.78 is 11.4. The Morgan fingerprint density at radius 3 is 2.18 bits per heavy atom. The van der Waals surface area contributed by atoms with Gasteiger partial charge in [0, 0.05) is 12.8 Å². The molecule has 0 atom stereocenters. The summed E-state index contributed by atoms with van der Waals surface area (Å²) in [4.78, 5) is 0. The lowest BCUT2D eigenvalue weighted by Crippen LogP contribution is -2.50. The molecule has 3 nitrogen and oxygen atoms in total. The maximum Gasteiger partial charge on any atom is 0.311 e. The van der Waals surface area contributed by atoms with Gasteiger partial charge in [0.2, 0.25) is 0 Å². The standard InChI is InChI=1S/C13H22BNO2/c1-12(2,16-5)13(3,4)17-14-10-8-6-7-9-11(10)15/h6-9,14H,15H2,1-5H3. The van der Waals surface area contributed by atoms with Crippen molar-refractivity contribution in [1.82, 2.24) is 0 Å². The molecule has 0 fully saturated rings. The second kappa shape index (κ2) is 5.11. The van der Waals surface area contributed by atoms with Gasteiger partial charge in [-0.05, 0) is 39.2 Å². The number of para-hydroxylation sites is 1. The first-order chi connectivity index (χ1) is 7.80. The monoisotopic (exact) mass is 235 g/mol. The van der Waals surface area contributed by atoms with Crippen molar-refractivity contribution in [2.45, 2.75) is 38.9 Å². The molecular formula is C13H22BNO2. The summed E-state index contributed by atoms with van der Waals surface area (Å²) in [7, 11) is 2.19. The van der Waals surface area contributed by atoms with Crippen LogP contribution in [0.2, 0.25) is 0 Å². The van der Waals surface area contributed by atoms with Crippen LogP contribution in [-0.2, 0) is 9.39 Å². The topological polar surface area (TPSA) is 44.5 Å². The van der Waals surface area contributed by atoms with Crippen LogP contribution in [0.1, 0.15) is 27.7 Å². The number of hydrogen-bond donors (Lipinski definition) is 1. The highest BCUT2D eigenvalue weighted by atomic mass is 16.5. The normalized spacial score (nSPS) is 12.5. The van der Waals surface area contributed by atoms with Gasteiger partial charge >= 0.3 is 7.48 Å². The molecule has 0 unspecified atom stereocenters. The molecule has 0 saturated heterocycles. The van der Waals surface area contributed by atoms with Crippen LogP contribution in [-0.4, -0.2) is 25.8 Å². The molecule has 0 aliphatic carbocycles. The Morgan fingerprint density at radius 1 is 1.06 bits per heavy atom. The summed E-state index contributed by atoms with van der Waals surface area (Å²) in [5.74, 6) is 0. The van der Waals surface area contributed by atoms with Gasteiger partial charge in [0.1, 0.15) is 0 Å². The first kappa shape index (κ1) is 14.1. The van der Waals surface area contributed by atoms with E-state index in [1.807, 2.05) is 52.0 Å². The van der Waals surface area contributed by atoms with Gasteiger partial charge in [-0.25, -0.2) is 0 Å². The van der Waals surface area contributed by atoms with Gasteiger partial charge in [-0.1, -0.05) is 18.2 Å². The third kappa shape index (κ3) is 3.24. The number of benzene rings is 1. The highest BCUT2D eigenvalue weighted by Gasteiger charge is 2.37. The maximum absolute atomic E-state index is 5.95. The molecule has 1 aromatic rings. The van der Waals surface area contributed by atoms with Crippen LogP contribution in [0.15, 0.2) is 24.3 Å². The van der Waals surface area contributed by atoms with Crippen molar-refractivity contribution in [1.29, 1.82) is 0 Å². The van der Waals surface area contributed by atoms with E-state index in [9.17, 15) is 0 Å². The number of rotatable bonds is 5. The van der Waals surface area contributed by atoms with Gasteiger partial charge in [-0.3, -0.25) is 0 Å². The Kier molecular flexibility index (Phi) is 4.23. The fraction of sp³-hybridized carbons (Fsp3) is 0.538. The predicted molar refractivity (Wildman–Crippen MR) is 73.9 cm³/mol. The van der Waals surface area contributed by atoms with E-state index in [1.54, 1.807) is 7.11 Å². The van der Waals surface area contributed by atoms with Gasteiger partial charge in [0.25, 0.3) is 0 Å². The molecule has 0 heterocycles. The fourth-order valence-electron chi connectivity index (χ4n) is 1.34. The van der Waals surface area contributed by atoms with Crippen LogP contribution < -0.4 is 11.2 Å². The molecule has 0 aliphatic rings. The fourth-order valence-corrected chi connectivity index (χ4v) is 1.34. The summed E-state index contributed by atoms with van der Waals surface area (Å²) in [5, 5.41) is 0. The molecule has 1 aromatic carbocycles. The van der Waals surface area contributed by atoms with Crippen LogP contribution in [0.5, 0.6) is 0 Å². The summed E-state index contributed by atoms with van der Waals surface area (Å²) in [6, 6.07) is 7.74. The lowest BCUT2D eigenvalue weighted by molar-refractivity contribution is -0.114. The molecule has 0 radical (unpaired) electrons. The zero-order valence-corrected chi connectivity index (χ0v) is 11.4. The number of ether oxygens (including phenoxy) is 1. The van der Waals surface area contributed by atoms with Crippen molar-refractivity contribution in [2.75, 3.05) is 12.8 Å². The van der Waals surface area contributed by atoms with E-state index in [-0.39, 0.29) is 11.2 Å². The van der Waals surface area contributed by atoms with E-state index in [4.69, 9.17) is 15.1 Å². The SMILES string of the molecule is COC(C)(C)C(C)(C)OBc1ccccc1N. The second-order valence-corrected chi connectivity index (χ2v) is 5.21. The molecule has 17 heavy (non-hydrogen) atoms. The minimum Gasteiger partial charge on any atom is -0.427 e. The highest BCUT2D eigenvalue weighted by molar-refractivity contribution is 6.49. The summed E-state index contributed by atoms with van der Waals surface area (Å²) >= 11 is 0. The molecular weight excluding hydrogens is 213 g/mol. The molecule has 0 aliphatic heterocycles. The van der Waals surface area contributed by atoms with Crippen molar-refractivity contribution in [3.8, 4) is 0 Å². The first-order valence-corrected chi connectivity index (χ1v) is 5.82. The number of nitrogens with two attached hydrogens (primary N) is 1. The molecule has 0 bridgehead atoms. The molecule has 0 aromatic heterocycles. The minimum atomic E-state index is -0.385. The van der Waals surface area contributed by atoms with E-state index in [1.165, 1.54) is 0 Å². The Hall–Kier alpha value is -0.995. The van der Waals surface area contributed by atoms with Gasteiger partial charge < -0.3 is 15.1 Å². The predicted octanol–water partition coefficient (Wildman–Crippen LogP) is 1.47. The van der Waals surface area contributed by atoms with Crippen LogP contribution in [0, 0.1) is 0 Å². The lowest BCUT2D eigenvalue weighted by atomic mass is 9.82. The average Bonchev–Trinajstić information content (AvgIpc) is 2.28. The second-order valence-electron chi connectivity index (χ2n) is 5.21. The average molecular weight is 235 g/mol. The van der Waals surface area contributed by atoms with Crippen LogP contribution in [0.25, 0.3) is 0 Å². The Balaban J connectivity index is 2.71. The van der Waals surface area contributed by atoms with Gasteiger partial charge in [0.15, 0.2) is 0 Å².